The third-order valence-electron chi connectivity index (χ3n) is 2.66. The van der Waals surface area contributed by atoms with Crippen molar-refractivity contribution in [1.29, 1.82) is 0 Å². The van der Waals surface area contributed by atoms with Crippen LogP contribution in [0, 0.1) is 0 Å². The van der Waals surface area contributed by atoms with Crippen LogP contribution in [0.4, 0.5) is 0 Å². The molecule has 0 spiro atoms. The van der Waals surface area contributed by atoms with Crippen molar-refractivity contribution < 1.29 is 14.9 Å². The molecular weight excluding hydrogens is 216 g/mol. The van der Waals surface area contributed by atoms with Gasteiger partial charge < -0.3 is 14.9 Å². The molecule has 0 aromatic heterocycles. The fourth-order valence-electron chi connectivity index (χ4n) is 1.87. The van der Waals surface area contributed by atoms with E-state index in [9.17, 15) is 0 Å². The molecule has 3 nitrogen and oxygen atoms in total. The van der Waals surface area contributed by atoms with Crippen LogP contribution in [0.5, 0.6) is 5.75 Å². The molecule has 17 heavy (non-hydrogen) atoms. The second-order valence-electron chi connectivity index (χ2n) is 3.85. The predicted molar refractivity (Wildman–Crippen MR) is 67.3 cm³/mol. The smallest absolute Gasteiger partial charge is 0.123 e. The van der Waals surface area contributed by atoms with Crippen LogP contribution in [-0.4, -0.2) is 30.0 Å². The van der Waals surface area contributed by atoms with Crippen LogP contribution in [0.2, 0.25) is 0 Å². The van der Waals surface area contributed by atoms with Gasteiger partial charge in [0, 0.05) is 6.61 Å². The normalized spacial score (nSPS) is 10.7. The van der Waals surface area contributed by atoms with Crippen molar-refractivity contribution in [1.82, 2.24) is 0 Å². The number of benzene rings is 2. The first kappa shape index (κ1) is 11.9. The van der Waals surface area contributed by atoms with Crippen LogP contribution in [0.15, 0.2) is 36.4 Å². The largest absolute Gasteiger partial charge is 0.491 e. The molecule has 0 fully saturated rings. The molecule has 0 heterocycles. The number of fused-ring (bicyclic) bond motifs is 1. The van der Waals surface area contributed by atoms with E-state index in [-0.39, 0.29) is 19.8 Å². The minimum Gasteiger partial charge on any atom is -0.491 e. The maximum absolute atomic E-state index is 9.04. The number of rotatable bonds is 5. The molecule has 0 aliphatic rings. The second-order valence-corrected chi connectivity index (χ2v) is 3.85. The molecule has 0 saturated heterocycles. The molecule has 0 atom stereocenters. The Balaban J connectivity index is 2.42. The van der Waals surface area contributed by atoms with Crippen LogP contribution in [0.1, 0.15) is 5.56 Å². The fourth-order valence-corrected chi connectivity index (χ4v) is 1.87. The lowest BCUT2D eigenvalue weighted by Crippen LogP contribution is -2.04. The summed E-state index contributed by atoms with van der Waals surface area (Å²) < 4.78 is 5.49. The van der Waals surface area contributed by atoms with Crippen LogP contribution in [0.25, 0.3) is 10.8 Å². The van der Waals surface area contributed by atoms with E-state index >= 15 is 0 Å². The van der Waals surface area contributed by atoms with Crippen LogP contribution >= 0.6 is 0 Å². The topological polar surface area (TPSA) is 49.7 Å². The summed E-state index contributed by atoms with van der Waals surface area (Å²) in [6.45, 7) is 0.357. The molecule has 0 aliphatic heterocycles. The van der Waals surface area contributed by atoms with Gasteiger partial charge in [-0.25, -0.2) is 0 Å². The monoisotopic (exact) mass is 232 g/mol. The van der Waals surface area contributed by atoms with E-state index in [1.54, 1.807) is 0 Å². The molecule has 2 N–H and O–H groups in total. The van der Waals surface area contributed by atoms with E-state index in [1.807, 2.05) is 36.4 Å². The van der Waals surface area contributed by atoms with Crippen LogP contribution in [-0.2, 0) is 6.42 Å². The van der Waals surface area contributed by atoms with E-state index in [0.717, 1.165) is 22.1 Å². The van der Waals surface area contributed by atoms with Crippen LogP contribution < -0.4 is 4.74 Å². The van der Waals surface area contributed by atoms with E-state index in [1.165, 1.54) is 0 Å². The highest BCUT2D eigenvalue weighted by Crippen LogP contribution is 2.26. The maximum Gasteiger partial charge on any atom is 0.123 e. The molecule has 0 radical (unpaired) electrons. The Labute approximate surface area is 100 Å². The summed E-state index contributed by atoms with van der Waals surface area (Å²) in [6.07, 6.45) is 0.561. The Morgan fingerprint density at radius 2 is 1.65 bits per heavy atom. The molecule has 0 bridgehead atoms. The highest BCUT2D eigenvalue weighted by molar-refractivity contribution is 5.85. The first-order chi connectivity index (χ1) is 8.35. The first-order valence-corrected chi connectivity index (χ1v) is 5.71. The van der Waals surface area contributed by atoms with Gasteiger partial charge in [-0.3, -0.25) is 0 Å². The van der Waals surface area contributed by atoms with Gasteiger partial charge >= 0.3 is 0 Å². The second kappa shape index (κ2) is 5.66. The van der Waals surface area contributed by atoms with Crippen LogP contribution in [0.3, 0.4) is 0 Å². The summed E-state index contributed by atoms with van der Waals surface area (Å²) in [7, 11) is 0. The highest BCUT2D eigenvalue weighted by Gasteiger charge is 2.05. The lowest BCUT2D eigenvalue weighted by atomic mass is 10.0. The van der Waals surface area contributed by atoms with Gasteiger partial charge in [-0.05, 0) is 34.9 Å². The van der Waals surface area contributed by atoms with E-state index < -0.39 is 0 Å². The molecule has 2 rings (SSSR count). The Hall–Kier alpha value is -1.58. The number of hydrogen-bond acceptors (Lipinski definition) is 3. The zero-order valence-electron chi connectivity index (χ0n) is 9.60. The van der Waals surface area contributed by atoms with Gasteiger partial charge in [0.05, 0.1) is 6.61 Å². The van der Waals surface area contributed by atoms with Gasteiger partial charge in [-0.2, -0.15) is 0 Å². The van der Waals surface area contributed by atoms with Crippen molar-refractivity contribution in [3.63, 3.8) is 0 Å². The van der Waals surface area contributed by atoms with Crippen molar-refractivity contribution >= 4 is 10.8 Å². The SMILES string of the molecule is OCCOc1cc2ccccc2cc1CCO. The molecule has 90 valence electrons. The molecule has 0 unspecified atom stereocenters. The van der Waals surface area contributed by atoms with Crippen molar-refractivity contribution in [2.45, 2.75) is 6.42 Å². The molecule has 0 saturated carbocycles. The van der Waals surface area contributed by atoms with Crippen molar-refractivity contribution in [3.05, 3.63) is 42.0 Å². The number of hydrogen-bond donors (Lipinski definition) is 2. The minimum atomic E-state index is -0.00854. The summed E-state index contributed by atoms with van der Waals surface area (Å²) >= 11 is 0. The molecule has 0 amide bonds. The van der Waals surface area contributed by atoms with E-state index in [0.29, 0.717) is 6.42 Å². The Morgan fingerprint density at radius 1 is 0.941 bits per heavy atom. The summed E-state index contributed by atoms with van der Waals surface area (Å²) in [5.41, 5.74) is 0.972. The number of ether oxygens (including phenoxy) is 1. The lowest BCUT2D eigenvalue weighted by molar-refractivity contribution is 0.199. The molecule has 3 heteroatoms. The zero-order chi connectivity index (χ0) is 12.1. The summed E-state index contributed by atoms with van der Waals surface area (Å²) in [6, 6.07) is 12.0. The lowest BCUT2D eigenvalue weighted by Gasteiger charge is -2.11. The average Bonchev–Trinajstić information content (AvgIpc) is 2.36. The predicted octanol–water partition coefficient (Wildman–Crippen LogP) is 1.75. The van der Waals surface area contributed by atoms with E-state index in [4.69, 9.17) is 14.9 Å². The van der Waals surface area contributed by atoms with Gasteiger partial charge in [-0.15, -0.1) is 0 Å². The van der Waals surface area contributed by atoms with Gasteiger partial charge in [0.25, 0.3) is 0 Å². The Kier molecular flexibility index (Phi) is 3.96. The molecule has 0 aliphatic carbocycles. The van der Waals surface area contributed by atoms with Gasteiger partial charge in [0.15, 0.2) is 0 Å². The number of aliphatic hydroxyl groups excluding tert-OH is 2. The van der Waals surface area contributed by atoms with Crippen molar-refractivity contribution in [2.24, 2.45) is 0 Å². The zero-order valence-corrected chi connectivity index (χ0v) is 9.60. The van der Waals surface area contributed by atoms with Gasteiger partial charge in [0.1, 0.15) is 12.4 Å². The van der Waals surface area contributed by atoms with E-state index in [2.05, 4.69) is 0 Å². The highest BCUT2D eigenvalue weighted by atomic mass is 16.5. The molecule has 2 aromatic carbocycles. The third-order valence-corrected chi connectivity index (χ3v) is 2.66. The third kappa shape index (κ3) is 2.75. The van der Waals surface area contributed by atoms with Gasteiger partial charge in [0.2, 0.25) is 0 Å². The summed E-state index contributed by atoms with van der Waals surface area (Å²) in [5, 5.41) is 20.1. The fraction of sp³-hybridized carbons (Fsp3) is 0.286. The quantitative estimate of drug-likeness (QED) is 0.825. The Morgan fingerprint density at radius 3 is 2.29 bits per heavy atom. The van der Waals surface area contributed by atoms with Gasteiger partial charge in [-0.1, -0.05) is 24.3 Å². The minimum absolute atomic E-state index is 0.00854. The maximum atomic E-state index is 9.04. The Bertz CT molecular complexity index is 494. The first-order valence-electron chi connectivity index (χ1n) is 5.71. The average molecular weight is 232 g/mol. The van der Waals surface area contributed by atoms with Crippen molar-refractivity contribution in [3.8, 4) is 5.75 Å². The summed E-state index contributed by atoms with van der Waals surface area (Å²) in [5.74, 6) is 0.742. The molecular formula is C14H16O3. The standard InChI is InChI=1S/C14H16O3/c15-6-5-13-9-11-3-1-2-4-12(11)10-14(13)17-8-7-16/h1-4,9-10,15-16H,5-8H2. The number of aliphatic hydroxyl groups is 2. The molecule has 2 aromatic rings. The van der Waals surface area contributed by atoms with Crippen molar-refractivity contribution in [2.75, 3.05) is 19.8 Å². The summed E-state index contributed by atoms with van der Waals surface area (Å²) in [4.78, 5) is 0.